The van der Waals surface area contributed by atoms with Crippen LogP contribution in [-0.2, 0) is 0 Å². The Labute approximate surface area is 97.3 Å². The highest BCUT2D eigenvalue weighted by Crippen LogP contribution is 2.25. The first-order chi connectivity index (χ1) is 7.70. The van der Waals surface area contributed by atoms with Gasteiger partial charge in [-0.3, -0.25) is 4.98 Å². The lowest BCUT2D eigenvalue weighted by atomic mass is 10.1. The second-order valence-electron chi connectivity index (χ2n) is 3.30. The summed E-state index contributed by atoms with van der Waals surface area (Å²) in [6.07, 6.45) is 2.74. The molecule has 0 aliphatic carbocycles. The zero-order valence-corrected chi connectivity index (χ0v) is 9.33. The third kappa shape index (κ3) is 2.23. The molecule has 5 heteroatoms. The third-order valence-corrected chi connectivity index (χ3v) is 2.43. The van der Waals surface area contributed by atoms with Crippen LogP contribution in [0, 0.1) is 5.82 Å². The van der Waals surface area contributed by atoms with E-state index in [2.05, 4.69) is 10.3 Å². The van der Waals surface area contributed by atoms with Gasteiger partial charge in [-0.25, -0.2) is 4.39 Å². The zero-order valence-electron chi connectivity index (χ0n) is 8.58. The van der Waals surface area contributed by atoms with Crippen LogP contribution in [-0.4, -0.2) is 12.0 Å². The molecule has 16 heavy (non-hydrogen) atoms. The fraction of sp³-hybridized carbons (Fsp3) is 0.182. The van der Waals surface area contributed by atoms with Gasteiger partial charge < -0.3 is 9.73 Å². The van der Waals surface area contributed by atoms with Crippen molar-refractivity contribution in [3.63, 3.8) is 0 Å². The summed E-state index contributed by atoms with van der Waals surface area (Å²) in [6, 6.07) is 4.54. The largest absolute Gasteiger partial charge is 0.448 e. The van der Waals surface area contributed by atoms with Crippen LogP contribution in [0.3, 0.4) is 0 Å². The van der Waals surface area contributed by atoms with Crippen molar-refractivity contribution in [2.45, 2.75) is 6.04 Å². The van der Waals surface area contributed by atoms with E-state index in [9.17, 15) is 4.39 Å². The Bertz CT molecular complexity index is 486. The Hall–Kier alpha value is -1.39. The topological polar surface area (TPSA) is 38.1 Å². The molecule has 1 N–H and O–H groups in total. The summed E-state index contributed by atoms with van der Waals surface area (Å²) in [7, 11) is 1.76. The number of pyridine rings is 1. The van der Waals surface area contributed by atoms with Crippen molar-refractivity contribution < 1.29 is 8.81 Å². The van der Waals surface area contributed by atoms with E-state index in [-0.39, 0.29) is 11.9 Å². The number of nitrogens with one attached hydrogen (secondary N) is 1. The fourth-order valence-electron chi connectivity index (χ4n) is 1.54. The van der Waals surface area contributed by atoms with Gasteiger partial charge in [-0.1, -0.05) is 0 Å². The van der Waals surface area contributed by atoms with Crippen molar-refractivity contribution in [3.8, 4) is 0 Å². The number of hydrogen-bond acceptors (Lipinski definition) is 3. The molecule has 0 bridgehead atoms. The minimum atomic E-state index is -0.379. The van der Waals surface area contributed by atoms with Crippen LogP contribution in [0.2, 0.25) is 5.22 Å². The predicted molar refractivity (Wildman–Crippen MR) is 58.8 cm³/mol. The van der Waals surface area contributed by atoms with Gasteiger partial charge in [-0.05, 0) is 42.4 Å². The normalized spacial score (nSPS) is 12.7. The molecule has 0 aliphatic heterocycles. The number of furan rings is 1. The second-order valence-corrected chi connectivity index (χ2v) is 3.67. The number of aromatic nitrogens is 1. The third-order valence-electron chi connectivity index (χ3n) is 2.23. The molecular weight excluding hydrogens is 231 g/mol. The summed E-state index contributed by atoms with van der Waals surface area (Å²) < 4.78 is 18.3. The van der Waals surface area contributed by atoms with Crippen molar-refractivity contribution in [2.24, 2.45) is 0 Å². The van der Waals surface area contributed by atoms with Gasteiger partial charge in [-0.15, -0.1) is 0 Å². The molecule has 0 aromatic carbocycles. The molecule has 0 spiro atoms. The maximum absolute atomic E-state index is 13.0. The van der Waals surface area contributed by atoms with E-state index >= 15 is 0 Å². The van der Waals surface area contributed by atoms with Crippen LogP contribution in [0.5, 0.6) is 0 Å². The Balaban J connectivity index is 2.36. The summed E-state index contributed by atoms with van der Waals surface area (Å²) >= 11 is 5.70. The Kier molecular flexibility index (Phi) is 3.22. The highest BCUT2D eigenvalue weighted by Gasteiger charge is 2.16. The first-order valence-electron chi connectivity index (χ1n) is 4.73. The zero-order chi connectivity index (χ0) is 11.5. The van der Waals surface area contributed by atoms with Gasteiger partial charge in [0.05, 0.1) is 12.2 Å². The van der Waals surface area contributed by atoms with Gasteiger partial charge in [0.2, 0.25) is 0 Å². The van der Waals surface area contributed by atoms with Crippen LogP contribution < -0.4 is 5.32 Å². The molecule has 2 rings (SSSR count). The quantitative estimate of drug-likeness (QED) is 0.897. The maximum atomic E-state index is 13.0. The number of nitrogens with zero attached hydrogens (tertiary/aromatic N) is 1. The standard InChI is InChI=1S/C11H10ClFN2O/c1-14-11(9-2-3-10(12)16-9)7-4-8(13)6-15-5-7/h2-6,11,14H,1H3. The predicted octanol–water partition coefficient (Wildman–Crippen LogP) is 2.78. The fourth-order valence-corrected chi connectivity index (χ4v) is 1.69. The lowest BCUT2D eigenvalue weighted by molar-refractivity contribution is 0.463. The summed E-state index contributed by atoms with van der Waals surface area (Å²) in [5, 5.41) is 3.32. The second kappa shape index (κ2) is 4.63. The highest BCUT2D eigenvalue weighted by atomic mass is 35.5. The molecular formula is C11H10ClFN2O. The molecule has 1 atom stereocenters. The van der Waals surface area contributed by atoms with Gasteiger partial charge in [-0.2, -0.15) is 0 Å². The average Bonchev–Trinajstić information content (AvgIpc) is 2.66. The van der Waals surface area contributed by atoms with Gasteiger partial charge >= 0.3 is 0 Å². The van der Waals surface area contributed by atoms with Crippen LogP contribution in [0.1, 0.15) is 17.4 Å². The SMILES string of the molecule is CNC(c1cncc(F)c1)c1ccc(Cl)o1. The number of rotatable bonds is 3. The Morgan fingerprint density at radius 1 is 1.44 bits per heavy atom. The first kappa shape index (κ1) is 11.1. The highest BCUT2D eigenvalue weighted by molar-refractivity contribution is 6.28. The number of halogens is 2. The van der Waals surface area contributed by atoms with Crippen LogP contribution in [0.25, 0.3) is 0 Å². The van der Waals surface area contributed by atoms with E-state index in [0.29, 0.717) is 16.5 Å². The maximum Gasteiger partial charge on any atom is 0.193 e. The van der Waals surface area contributed by atoms with Crippen molar-refractivity contribution in [2.75, 3.05) is 7.05 Å². The van der Waals surface area contributed by atoms with Crippen molar-refractivity contribution in [3.05, 3.63) is 53.0 Å². The Morgan fingerprint density at radius 2 is 2.25 bits per heavy atom. The van der Waals surface area contributed by atoms with Crippen LogP contribution in [0.15, 0.2) is 35.0 Å². The lowest BCUT2D eigenvalue weighted by Crippen LogP contribution is -2.17. The Morgan fingerprint density at radius 3 is 2.81 bits per heavy atom. The molecule has 2 heterocycles. The number of hydrogen-bond donors (Lipinski definition) is 1. The van der Waals surface area contributed by atoms with Gasteiger partial charge in [0.1, 0.15) is 11.6 Å². The molecule has 0 aliphatic rings. The monoisotopic (exact) mass is 240 g/mol. The van der Waals surface area contributed by atoms with Crippen molar-refractivity contribution in [1.29, 1.82) is 0 Å². The van der Waals surface area contributed by atoms with Crippen molar-refractivity contribution in [1.82, 2.24) is 10.3 Å². The summed E-state index contributed by atoms with van der Waals surface area (Å²) in [6.45, 7) is 0. The summed E-state index contributed by atoms with van der Waals surface area (Å²) in [5.41, 5.74) is 0.688. The van der Waals surface area contributed by atoms with E-state index in [4.69, 9.17) is 16.0 Å². The molecule has 1 unspecified atom stereocenters. The smallest absolute Gasteiger partial charge is 0.193 e. The minimum Gasteiger partial charge on any atom is -0.448 e. The van der Waals surface area contributed by atoms with Crippen molar-refractivity contribution >= 4 is 11.6 Å². The first-order valence-corrected chi connectivity index (χ1v) is 5.11. The van der Waals surface area contributed by atoms with Gasteiger partial charge in [0.15, 0.2) is 5.22 Å². The molecule has 0 amide bonds. The van der Waals surface area contributed by atoms with E-state index in [1.165, 1.54) is 6.07 Å². The van der Waals surface area contributed by atoms with Crippen LogP contribution >= 0.6 is 11.6 Å². The van der Waals surface area contributed by atoms with Gasteiger partial charge in [0.25, 0.3) is 0 Å². The molecule has 3 nitrogen and oxygen atoms in total. The van der Waals surface area contributed by atoms with E-state index in [1.54, 1.807) is 25.4 Å². The van der Waals surface area contributed by atoms with E-state index in [1.807, 2.05) is 0 Å². The van der Waals surface area contributed by atoms with Crippen LogP contribution in [0.4, 0.5) is 4.39 Å². The molecule has 84 valence electrons. The lowest BCUT2D eigenvalue weighted by Gasteiger charge is -2.13. The van der Waals surface area contributed by atoms with Gasteiger partial charge in [0, 0.05) is 6.20 Å². The van der Waals surface area contributed by atoms with E-state index in [0.717, 1.165) is 6.20 Å². The summed E-state index contributed by atoms with van der Waals surface area (Å²) in [4.78, 5) is 3.80. The minimum absolute atomic E-state index is 0.254. The molecule has 0 saturated carbocycles. The summed E-state index contributed by atoms with van der Waals surface area (Å²) in [5.74, 6) is 0.246. The molecule has 2 aromatic heterocycles. The molecule has 0 fully saturated rings. The van der Waals surface area contributed by atoms with E-state index < -0.39 is 0 Å². The average molecular weight is 241 g/mol. The molecule has 0 radical (unpaired) electrons. The molecule has 2 aromatic rings. The molecule has 0 saturated heterocycles.